The van der Waals surface area contributed by atoms with Crippen molar-refractivity contribution in [3.63, 3.8) is 0 Å². The minimum Gasteiger partial charge on any atom is -0.493 e. The second-order valence-electron chi connectivity index (χ2n) is 7.52. The summed E-state index contributed by atoms with van der Waals surface area (Å²) >= 11 is 0. The van der Waals surface area contributed by atoms with Crippen LogP contribution in [0.1, 0.15) is 57.8 Å². The van der Waals surface area contributed by atoms with E-state index >= 15 is 0 Å². The number of carbonyl (C=O) groups is 1. The Bertz CT molecular complexity index is 624. The van der Waals surface area contributed by atoms with Gasteiger partial charge in [0.05, 0.1) is 23.4 Å². The van der Waals surface area contributed by atoms with Gasteiger partial charge in [0.25, 0.3) is 5.91 Å². The van der Waals surface area contributed by atoms with E-state index in [0.717, 1.165) is 18.3 Å². The molecule has 1 saturated carbocycles. The predicted molar refractivity (Wildman–Crippen MR) is 93.8 cm³/mol. The van der Waals surface area contributed by atoms with Gasteiger partial charge in [-0.05, 0) is 65.1 Å². The normalized spacial score (nSPS) is 21.6. The van der Waals surface area contributed by atoms with Crippen molar-refractivity contribution in [3.05, 3.63) is 23.8 Å². The Morgan fingerprint density at radius 1 is 1.25 bits per heavy atom. The molecule has 1 aliphatic carbocycles. The highest BCUT2D eigenvalue weighted by Gasteiger charge is 2.51. The highest BCUT2D eigenvalue weighted by molar-refractivity contribution is 6.62. The van der Waals surface area contributed by atoms with Crippen molar-refractivity contribution in [1.29, 1.82) is 0 Å². The summed E-state index contributed by atoms with van der Waals surface area (Å²) < 4.78 is 17.9. The van der Waals surface area contributed by atoms with Gasteiger partial charge in [0.15, 0.2) is 0 Å². The molecular weight excluding hydrogens is 305 g/mol. The Labute approximate surface area is 144 Å². The summed E-state index contributed by atoms with van der Waals surface area (Å²) in [6.07, 6.45) is 2.11. The van der Waals surface area contributed by atoms with Crippen molar-refractivity contribution in [2.24, 2.45) is 0 Å². The van der Waals surface area contributed by atoms with E-state index < -0.39 is 18.3 Å². The zero-order valence-electron chi connectivity index (χ0n) is 15.1. The molecule has 24 heavy (non-hydrogen) atoms. The van der Waals surface area contributed by atoms with E-state index in [1.165, 1.54) is 0 Å². The first-order chi connectivity index (χ1) is 11.2. The summed E-state index contributed by atoms with van der Waals surface area (Å²) in [6, 6.07) is 5.85. The second kappa shape index (κ2) is 6.08. The number of rotatable bonds is 5. The van der Waals surface area contributed by atoms with E-state index in [4.69, 9.17) is 14.0 Å². The predicted octanol–water partition coefficient (Wildman–Crippen LogP) is 2.28. The SMILES string of the molecule is CCOc1cc(B2OC(C)(C)C(C)(C)O2)ccc1C(=O)NC1CC1. The number of carbonyl (C=O) groups excluding carboxylic acids is 1. The number of nitrogens with one attached hydrogen (secondary N) is 1. The lowest BCUT2D eigenvalue weighted by Crippen LogP contribution is -2.41. The molecule has 1 saturated heterocycles. The highest BCUT2D eigenvalue weighted by atomic mass is 16.7. The Balaban J connectivity index is 1.85. The third kappa shape index (κ3) is 3.30. The smallest absolute Gasteiger partial charge is 0.493 e. The number of benzene rings is 1. The summed E-state index contributed by atoms with van der Waals surface area (Å²) in [5.41, 5.74) is 0.626. The molecule has 0 atom stereocenters. The molecule has 1 aromatic carbocycles. The van der Waals surface area contributed by atoms with Crippen LogP contribution in [0.3, 0.4) is 0 Å². The van der Waals surface area contributed by atoms with Crippen LogP contribution in [0.5, 0.6) is 5.75 Å². The van der Waals surface area contributed by atoms with Crippen LogP contribution in [0.4, 0.5) is 0 Å². The average Bonchev–Trinajstić information content (AvgIpc) is 3.26. The molecule has 5 nitrogen and oxygen atoms in total. The monoisotopic (exact) mass is 331 g/mol. The van der Waals surface area contributed by atoms with Gasteiger partial charge in [-0.1, -0.05) is 6.07 Å². The first-order valence-electron chi connectivity index (χ1n) is 8.67. The van der Waals surface area contributed by atoms with Gasteiger partial charge in [-0.15, -0.1) is 0 Å². The van der Waals surface area contributed by atoms with Crippen LogP contribution in [0.15, 0.2) is 18.2 Å². The minimum atomic E-state index is -0.463. The summed E-state index contributed by atoms with van der Waals surface area (Å²) in [5.74, 6) is 0.490. The molecule has 1 aliphatic heterocycles. The zero-order valence-corrected chi connectivity index (χ0v) is 15.1. The lowest BCUT2D eigenvalue weighted by Gasteiger charge is -2.32. The van der Waals surface area contributed by atoms with Gasteiger partial charge < -0.3 is 19.4 Å². The van der Waals surface area contributed by atoms with Crippen molar-refractivity contribution in [1.82, 2.24) is 5.32 Å². The van der Waals surface area contributed by atoms with Gasteiger partial charge in [-0.3, -0.25) is 4.79 Å². The standard InChI is InChI=1S/C18H26BNO4/c1-6-22-15-11-12(19-23-17(2,3)18(4,5)24-19)7-10-14(15)16(21)20-13-8-9-13/h7,10-11,13H,6,8-9H2,1-5H3,(H,20,21). The topological polar surface area (TPSA) is 56.8 Å². The molecule has 0 spiro atoms. The lowest BCUT2D eigenvalue weighted by atomic mass is 9.78. The maximum absolute atomic E-state index is 12.4. The molecule has 0 unspecified atom stereocenters. The number of hydrogen-bond acceptors (Lipinski definition) is 4. The third-order valence-corrected chi connectivity index (χ3v) is 4.99. The van der Waals surface area contributed by atoms with Crippen LogP contribution in [-0.2, 0) is 9.31 Å². The second-order valence-corrected chi connectivity index (χ2v) is 7.52. The van der Waals surface area contributed by atoms with Crippen LogP contribution in [-0.4, -0.2) is 36.9 Å². The van der Waals surface area contributed by atoms with Gasteiger partial charge >= 0.3 is 7.12 Å². The maximum atomic E-state index is 12.4. The summed E-state index contributed by atoms with van der Waals surface area (Å²) in [5, 5.41) is 3.00. The highest BCUT2D eigenvalue weighted by Crippen LogP contribution is 2.36. The van der Waals surface area contributed by atoms with Gasteiger partial charge in [0.2, 0.25) is 0 Å². The summed E-state index contributed by atoms with van der Waals surface area (Å²) in [4.78, 5) is 12.4. The van der Waals surface area contributed by atoms with Crippen molar-refractivity contribution >= 4 is 18.5 Å². The van der Waals surface area contributed by atoms with E-state index in [0.29, 0.717) is 24.0 Å². The van der Waals surface area contributed by atoms with Gasteiger partial charge in [-0.25, -0.2) is 0 Å². The Kier molecular flexibility index (Phi) is 4.38. The van der Waals surface area contributed by atoms with Crippen LogP contribution in [0.2, 0.25) is 0 Å². The lowest BCUT2D eigenvalue weighted by molar-refractivity contribution is 0.00578. The van der Waals surface area contributed by atoms with Crippen molar-refractivity contribution < 1.29 is 18.8 Å². The molecule has 130 valence electrons. The van der Waals surface area contributed by atoms with Crippen LogP contribution in [0, 0.1) is 0 Å². The van der Waals surface area contributed by atoms with Gasteiger partial charge in [0, 0.05) is 6.04 Å². The number of ether oxygens (including phenoxy) is 1. The van der Waals surface area contributed by atoms with Crippen LogP contribution in [0.25, 0.3) is 0 Å². The summed E-state index contributed by atoms with van der Waals surface area (Å²) in [7, 11) is -0.463. The van der Waals surface area contributed by atoms with Gasteiger partial charge in [0.1, 0.15) is 5.75 Å². The Hall–Kier alpha value is -1.53. The first-order valence-corrected chi connectivity index (χ1v) is 8.67. The van der Waals surface area contributed by atoms with E-state index in [9.17, 15) is 4.79 Å². The molecule has 0 bridgehead atoms. The molecule has 2 fully saturated rings. The van der Waals surface area contributed by atoms with E-state index in [2.05, 4.69) is 5.32 Å². The quantitative estimate of drug-likeness (QED) is 0.841. The van der Waals surface area contributed by atoms with Crippen LogP contribution < -0.4 is 15.5 Å². The molecule has 1 aromatic rings. The molecule has 0 radical (unpaired) electrons. The number of amides is 1. The van der Waals surface area contributed by atoms with Crippen molar-refractivity contribution in [3.8, 4) is 5.75 Å². The molecule has 1 heterocycles. The fourth-order valence-electron chi connectivity index (χ4n) is 2.62. The average molecular weight is 331 g/mol. The van der Waals surface area contributed by atoms with Crippen molar-refractivity contribution in [2.75, 3.05) is 6.61 Å². The molecular formula is C18H26BNO4. The maximum Gasteiger partial charge on any atom is 0.494 e. The molecule has 1 N–H and O–H groups in total. The van der Waals surface area contributed by atoms with E-state index in [-0.39, 0.29) is 5.91 Å². The zero-order chi connectivity index (χ0) is 17.5. The molecule has 6 heteroatoms. The first kappa shape index (κ1) is 17.3. The fourth-order valence-corrected chi connectivity index (χ4v) is 2.62. The molecule has 0 aromatic heterocycles. The third-order valence-electron chi connectivity index (χ3n) is 4.99. The largest absolute Gasteiger partial charge is 0.494 e. The minimum absolute atomic E-state index is 0.0820. The molecule has 3 rings (SSSR count). The molecule has 1 amide bonds. The Morgan fingerprint density at radius 3 is 2.42 bits per heavy atom. The molecule has 2 aliphatic rings. The summed E-state index contributed by atoms with van der Waals surface area (Å²) in [6.45, 7) is 10.5. The number of hydrogen-bond donors (Lipinski definition) is 1. The van der Waals surface area contributed by atoms with E-state index in [1.807, 2.05) is 46.8 Å². The van der Waals surface area contributed by atoms with Gasteiger partial charge in [-0.2, -0.15) is 0 Å². The van der Waals surface area contributed by atoms with Crippen LogP contribution >= 0.6 is 0 Å². The van der Waals surface area contributed by atoms with E-state index in [1.54, 1.807) is 6.07 Å². The fraction of sp³-hybridized carbons (Fsp3) is 0.611. The Morgan fingerprint density at radius 2 is 1.88 bits per heavy atom. The van der Waals surface area contributed by atoms with Crippen molar-refractivity contribution in [2.45, 2.75) is 64.7 Å².